The van der Waals surface area contributed by atoms with Crippen molar-refractivity contribution in [2.24, 2.45) is 0 Å². The highest BCUT2D eigenvalue weighted by Gasteiger charge is 2.13. The standard InChI is InChI=1S/C16H19Cl2NS/c1-3-9-19-14(4-2)16-8-7-15(20-16)12-6-5-11(17)10-13(12)18/h5-8,10,14,19H,3-4,9H2,1-2H3. The van der Waals surface area contributed by atoms with Crippen LogP contribution in [0, 0.1) is 0 Å². The van der Waals surface area contributed by atoms with Gasteiger partial charge in [0.25, 0.3) is 0 Å². The lowest BCUT2D eigenvalue weighted by Crippen LogP contribution is -2.20. The van der Waals surface area contributed by atoms with E-state index in [9.17, 15) is 0 Å². The fourth-order valence-electron chi connectivity index (χ4n) is 2.14. The highest BCUT2D eigenvalue weighted by Crippen LogP contribution is 2.37. The zero-order valence-electron chi connectivity index (χ0n) is 11.7. The summed E-state index contributed by atoms with van der Waals surface area (Å²) in [5.41, 5.74) is 1.05. The second-order valence-corrected chi connectivity index (χ2v) is 6.70. The summed E-state index contributed by atoms with van der Waals surface area (Å²) in [6.07, 6.45) is 2.24. The third-order valence-corrected chi connectivity index (χ3v) is 5.00. The Morgan fingerprint density at radius 2 is 1.95 bits per heavy atom. The molecule has 0 saturated heterocycles. The van der Waals surface area contributed by atoms with Crippen LogP contribution in [0.5, 0.6) is 0 Å². The number of benzene rings is 1. The van der Waals surface area contributed by atoms with E-state index in [4.69, 9.17) is 23.2 Å². The maximum atomic E-state index is 6.28. The fourth-order valence-corrected chi connectivity index (χ4v) is 3.91. The SMILES string of the molecule is CCCNC(CC)c1ccc(-c2ccc(Cl)cc2Cl)s1. The Morgan fingerprint density at radius 3 is 2.60 bits per heavy atom. The van der Waals surface area contributed by atoms with E-state index in [1.165, 1.54) is 9.75 Å². The first-order valence-electron chi connectivity index (χ1n) is 6.94. The van der Waals surface area contributed by atoms with Gasteiger partial charge in [0.05, 0.1) is 5.02 Å². The molecule has 1 nitrogen and oxygen atoms in total. The summed E-state index contributed by atoms with van der Waals surface area (Å²) in [6.45, 7) is 5.45. The highest BCUT2D eigenvalue weighted by atomic mass is 35.5. The van der Waals surface area contributed by atoms with E-state index < -0.39 is 0 Å². The van der Waals surface area contributed by atoms with Gasteiger partial charge in [0, 0.05) is 26.4 Å². The molecular weight excluding hydrogens is 309 g/mol. The summed E-state index contributed by atoms with van der Waals surface area (Å²) in [7, 11) is 0. The third-order valence-electron chi connectivity index (χ3n) is 3.22. The van der Waals surface area contributed by atoms with E-state index in [1.807, 2.05) is 12.1 Å². The number of thiophene rings is 1. The number of hydrogen-bond donors (Lipinski definition) is 1. The molecule has 1 aromatic heterocycles. The van der Waals surface area contributed by atoms with Gasteiger partial charge < -0.3 is 5.32 Å². The lowest BCUT2D eigenvalue weighted by molar-refractivity contribution is 0.525. The predicted octanol–water partition coefficient (Wildman–Crippen LogP) is 6.17. The van der Waals surface area contributed by atoms with E-state index in [1.54, 1.807) is 17.4 Å². The number of hydrogen-bond acceptors (Lipinski definition) is 2. The number of halogens is 2. The van der Waals surface area contributed by atoms with Gasteiger partial charge in [-0.15, -0.1) is 11.3 Å². The molecule has 1 aromatic carbocycles. The molecule has 0 aliphatic rings. The van der Waals surface area contributed by atoms with Gasteiger partial charge in [0.1, 0.15) is 0 Å². The number of rotatable bonds is 6. The maximum absolute atomic E-state index is 6.28. The number of nitrogens with one attached hydrogen (secondary N) is 1. The van der Waals surface area contributed by atoms with Crippen molar-refractivity contribution in [1.29, 1.82) is 0 Å². The molecule has 0 aliphatic heterocycles. The van der Waals surface area contributed by atoms with Crippen LogP contribution in [-0.4, -0.2) is 6.54 Å². The Balaban J connectivity index is 2.23. The van der Waals surface area contributed by atoms with Gasteiger partial charge in [-0.1, -0.05) is 43.1 Å². The Labute approximate surface area is 134 Å². The van der Waals surface area contributed by atoms with Crippen molar-refractivity contribution in [3.05, 3.63) is 45.3 Å². The quantitative estimate of drug-likeness (QED) is 0.668. The van der Waals surface area contributed by atoms with Gasteiger partial charge in [-0.25, -0.2) is 0 Å². The molecule has 0 amide bonds. The van der Waals surface area contributed by atoms with Crippen LogP contribution in [0.4, 0.5) is 0 Å². The smallest absolute Gasteiger partial charge is 0.0507 e. The van der Waals surface area contributed by atoms with E-state index in [2.05, 4.69) is 31.3 Å². The molecular formula is C16H19Cl2NS. The van der Waals surface area contributed by atoms with Gasteiger partial charge in [-0.05, 0) is 43.7 Å². The average Bonchev–Trinajstić information content (AvgIpc) is 2.89. The topological polar surface area (TPSA) is 12.0 Å². The first-order valence-corrected chi connectivity index (χ1v) is 8.51. The predicted molar refractivity (Wildman–Crippen MR) is 91.1 cm³/mol. The molecule has 0 saturated carbocycles. The Morgan fingerprint density at radius 1 is 1.15 bits per heavy atom. The largest absolute Gasteiger partial charge is 0.309 e. The Hall–Kier alpha value is -0.540. The molecule has 1 atom stereocenters. The van der Waals surface area contributed by atoms with Crippen LogP contribution in [0.1, 0.15) is 37.6 Å². The van der Waals surface area contributed by atoms with Crippen molar-refractivity contribution in [1.82, 2.24) is 5.32 Å². The van der Waals surface area contributed by atoms with E-state index >= 15 is 0 Å². The molecule has 4 heteroatoms. The molecule has 1 N–H and O–H groups in total. The summed E-state index contributed by atoms with van der Waals surface area (Å²) in [6, 6.07) is 10.4. The normalized spacial score (nSPS) is 12.6. The minimum absolute atomic E-state index is 0.430. The second kappa shape index (κ2) is 7.46. The van der Waals surface area contributed by atoms with Crippen molar-refractivity contribution >= 4 is 34.5 Å². The molecule has 0 bridgehead atoms. The molecule has 0 spiro atoms. The minimum atomic E-state index is 0.430. The minimum Gasteiger partial charge on any atom is -0.309 e. The molecule has 2 rings (SSSR count). The van der Waals surface area contributed by atoms with E-state index in [0.717, 1.165) is 24.9 Å². The zero-order chi connectivity index (χ0) is 14.5. The Bertz CT molecular complexity index is 565. The average molecular weight is 328 g/mol. The first-order chi connectivity index (χ1) is 9.65. The van der Waals surface area contributed by atoms with E-state index in [-0.39, 0.29) is 0 Å². The summed E-state index contributed by atoms with van der Waals surface area (Å²) in [5, 5.41) is 4.96. The summed E-state index contributed by atoms with van der Waals surface area (Å²) < 4.78 is 0. The molecule has 0 aliphatic carbocycles. The Kier molecular flexibility index (Phi) is 5.91. The fraction of sp³-hybridized carbons (Fsp3) is 0.375. The molecule has 1 heterocycles. The van der Waals surface area contributed by atoms with Gasteiger partial charge in [0.2, 0.25) is 0 Å². The molecule has 2 aromatic rings. The molecule has 1 unspecified atom stereocenters. The van der Waals surface area contributed by atoms with Gasteiger partial charge in [-0.2, -0.15) is 0 Å². The van der Waals surface area contributed by atoms with Crippen LogP contribution in [-0.2, 0) is 0 Å². The van der Waals surface area contributed by atoms with Crippen molar-refractivity contribution in [2.45, 2.75) is 32.7 Å². The first kappa shape index (κ1) is 15.8. The monoisotopic (exact) mass is 327 g/mol. The molecule has 0 fully saturated rings. The van der Waals surface area contributed by atoms with Crippen LogP contribution in [0.3, 0.4) is 0 Å². The second-order valence-electron chi connectivity index (χ2n) is 4.74. The molecule has 108 valence electrons. The lowest BCUT2D eigenvalue weighted by atomic mass is 10.1. The summed E-state index contributed by atoms with van der Waals surface area (Å²) >= 11 is 14.0. The van der Waals surface area contributed by atoms with Crippen molar-refractivity contribution in [3.8, 4) is 10.4 Å². The van der Waals surface area contributed by atoms with Crippen LogP contribution in [0.25, 0.3) is 10.4 Å². The van der Waals surface area contributed by atoms with Crippen LogP contribution in [0.2, 0.25) is 10.0 Å². The van der Waals surface area contributed by atoms with Crippen LogP contribution >= 0.6 is 34.5 Å². The lowest BCUT2D eigenvalue weighted by Gasteiger charge is -2.14. The van der Waals surface area contributed by atoms with Crippen molar-refractivity contribution in [3.63, 3.8) is 0 Å². The zero-order valence-corrected chi connectivity index (χ0v) is 14.1. The van der Waals surface area contributed by atoms with Crippen LogP contribution < -0.4 is 5.32 Å². The van der Waals surface area contributed by atoms with E-state index in [0.29, 0.717) is 16.1 Å². The summed E-state index contributed by atoms with van der Waals surface area (Å²) in [4.78, 5) is 2.56. The third kappa shape index (κ3) is 3.76. The van der Waals surface area contributed by atoms with Gasteiger partial charge in [-0.3, -0.25) is 0 Å². The van der Waals surface area contributed by atoms with Crippen molar-refractivity contribution in [2.75, 3.05) is 6.54 Å². The van der Waals surface area contributed by atoms with Gasteiger partial charge >= 0.3 is 0 Å². The highest BCUT2D eigenvalue weighted by molar-refractivity contribution is 7.15. The van der Waals surface area contributed by atoms with Crippen LogP contribution in [0.15, 0.2) is 30.3 Å². The molecule has 20 heavy (non-hydrogen) atoms. The summed E-state index contributed by atoms with van der Waals surface area (Å²) in [5.74, 6) is 0. The van der Waals surface area contributed by atoms with Gasteiger partial charge in [0.15, 0.2) is 0 Å². The maximum Gasteiger partial charge on any atom is 0.0507 e. The van der Waals surface area contributed by atoms with Crippen molar-refractivity contribution < 1.29 is 0 Å². The molecule has 0 radical (unpaired) electrons.